The van der Waals surface area contributed by atoms with E-state index in [0.29, 0.717) is 35.9 Å². The highest BCUT2D eigenvalue weighted by molar-refractivity contribution is 5.88. The molecule has 0 saturated carbocycles. The van der Waals surface area contributed by atoms with Gasteiger partial charge in [-0.25, -0.2) is 4.79 Å². The third kappa shape index (κ3) is 6.04. The van der Waals surface area contributed by atoms with Gasteiger partial charge in [0, 0.05) is 12.6 Å². The first-order valence-corrected chi connectivity index (χ1v) is 11.1. The van der Waals surface area contributed by atoms with Crippen LogP contribution in [0.2, 0.25) is 0 Å². The van der Waals surface area contributed by atoms with E-state index in [-0.39, 0.29) is 6.03 Å². The van der Waals surface area contributed by atoms with Crippen LogP contribution < -0.4 is 19.5 Å². The topological polar surface area (TPSA) is 87.5 Å². The lowest BCUT2D eigenvalue weighted by Gasteiger charge is -2.15. The van der Waals surface area contributed by atoms with Crippen LogP contribution >= 0.6 is 0 Å². The standard InChI is InChI=1S/C26H30N4O4/c1-5-7-8-15-34-21-13-10-19(11-14-21)9-12-20-16-22(32-3)17-24(33-4)25(20)23-18-28-29-30(23)26(31)27-6-2/h5,9-14,16-18H,1,6-8,15H2,2-4H3,(H,27,31)/b12-9+. The van der Waals surface area contributed by atoms with Crippen molar-refractivity contribution in [2.45, 2.75) is 19.8 Å². The fraction of sp³-hybridized carbons (Fsp3) is 0.269. The number of rotatable bonds is 11. The number of benzene rings is 2. The van der Waals surface area contributed by atoms with Gasteiger partial charge in [0.15, 0.2) is 0 Å². The number of nitrogens with one attached hydrogen (secondary N) is 1. The van der Waals surface area contributed by atoms with Crippen molar-refractivity contribution in [3.63, 3.8) is 0 Å². The highest BCUT2D eigenvalue weighted by Gasteiger charge is 2.20. The number of ether oxygens (including phenoxy) is 3. The summed E-state index contributed by atoms with van der Waals surface area (Å²) >= 11 is 0. The lowest BCUT2D eigenvalue weighted by atomic mass is 10.0. The molecular formula is C26H30N4O4. The first-order chi connectivity index (χ1) is 16.6. The highest BCUT2D eigenvalue weighted by atomic mass is 16.5. The molecule has 1 amide bonds. The number of hydrogen-bond acceptors (Lipinski definition) is 6. The molecule has 34 heavy (non-hydrogen) atoms. The minimum absolute atomic E-state index is 0.369. The van der Waals surface area contributed by atoms with Crippen LogP contribution in [0.3, 0.4) is 0 Å². The number of carbonyl (C=O) groups excluding carboxylic acids is 1. The van der Waals surface area contributed by atoms with Gasteiger partial charge >= 0.3 is 6.03 Å². The zero-order valence-electron chi connectivity index (χ0n) is 19.8. The third-order valence-corrected chi connectivity index (χ3v) is 5.04. The van der Waals surface area contributed by atoms with Crippen LogP contribution in [0.4, 0.5) is 4.79 Å². The molecule has 0 aliphatic carbocycles. The summed E-state index contributed by atoms with van der Waals surface area (Å²) in [5, 5.41) is 10.6. The van der Waals surface area contributed by atoms with E-state index in [1.54, 1.807) is 20.3 Å². The van der Waals surface area contributed by atoms with Crippen molar-refractivity contribution >= 4 is 18.2 Å². The van der Waals surface area contributed by atoms with Crippen molar-refractivity contribution < 1.29 is 19.0 Å². The van der Waals surface area contributed by atoms with E-state index in [0.717, 1.165) is 29.7 Å². The predicted molar refractivity (Wildman–Crippen MR) is 133 cm³/mol. The maximum absolute atomic E-state index is 12.5. The van der Waals surface area contributed by atoms with Crippen LogP contribution in [0.1, 0.15) is 30.9 Å². The van der Waals surface area contributed by atoms with Crippen molar-refractivity contribution in [2.24, 2.45) is 0 Å². The zero-order chi connectivity index (χ0) is 24.3. The van der Waals surface area contributed by atoms with Gasteiger partial charge in [-0.1, -0.05) is 35.6 Å². The third-order valence-electron chi connectivity index (χ3n) is 5.04. The highest BCUT2D eigenvalue weighted by Crippen LogP contribution is 2.37. The summed E-state index contributed by atoms with van der Waals surface area (Å²) in [7, 11) is 3.16. The molecular weight excluding hydrogens is 432 g/mol. The van der Waals surface area contributed by atoms with Gasteiger partial charge in [0.1, 0.15) is 22.9 Å². The molecule has 2 aromatic carbocycles. The van der Waals surface area contributed by atoms with Crippen LogP contribution in [0, 0.1) is 0 Å². The molecule has 0 aliphatic rings. The second-order valence-corrected chi connectivity index (χ2v) is 7.34. The Hall–Kier alpha value is -4.07. The molecule has 0 unspecified atom stereocenters. The Morgan fingerprint density at radius 3 is 2.59 bits per heavy atom. The number of hydrogen-bond donors (Lipinski definition) is 1. The van der Waals surface area contributed by atoms with E-state index < -0.39 is 0 Å². The van der Waals surface area contributed by atoms with E-state index in [4.69, 9.17) is 14.2 Å². The fourth-order valence-corrected chi connectivity index (χ4v) is 3.36. The maximum Gasteiger partial charge on any atom is 0.344 e. The molecule has 1 N–H and O–H groups in total. The van der Waals surface area contributed by atoms with Gasteiger partial charge < -0.3 is 19.5 Å². The lowest BCUT2D eigenvalue weighted by molar-refractivity contribution is 0.240. The molecule has 0 saturated heterocycles. The van der Waals surface area contributed by atoms with Gasteiger partial charge in [-0.15, -0.1) is 11.7 Å². The molecule has 1 aromatic heterocycles. The van der Waals surface area contributed by atoms with Crippen molar-refractivity contribution in [1.29, 1.82) is 0 Å². The van der Waals surface area contributed by atoms with E-state index in [1.165, 1.54) is 10.9 Å². The van der Waals surface area contributed by atoms with Crippen LogP contribution in [-0.4, -0.2) is 48.4 Å². The first kappa shape index (κ1) is 24.6. The smallest absolute Gasteiger partial charge is 0.344 e. The molecule has 1 heterocycles. The van der Waals surface area contributed by atoms with E-state index in [9.17, 15) is 4.79 Å². The maximum atomic E-state index is 12.5. The molecule has 3 aromatic rings. The summed E-state index contributed by atoms with van der Waals surface area (Å²) < 4.78 is 18.1. The molecule has 0 spiro atoms. The number of amides is 1. The van der Waals surface area contributed by atoms with Crippen LogP contribution in [-0.2, 0) is 0 Å². The first-order valence-electron chi connectivity index (χ1n) is 11.1. The summed E-state index contributed by atoms with van der Waals surface area (Å²) in [5.74, 6) is 1.98. The summed E-state index contributed by atoms with van der Waals surface area (Å²) in [6.07, 6.45) is 9.21. The summed E-state index contributed by atoms with van der Waals surface area (Å²) in [6.45, 7) is 6.69. The van der Waals surface area contributed by atoms with Crippen LogP contribution in [0.25, 0.3) is 23.4 Å². The van der Waals surface area contributed by atoms with E-state index in [1.807, 2.05) is 55.5 Å². The number of allylic oxidation sites excluding steroid dienone is 1. The fourth-order valence-electron chi connectivity index (χ4n) is 3.36. The van der Waals surface area contributed by atoms with Gasteiger partial charge in [-0.3, -0.25) is 0 Å². The molecule has 3 rings (SSSR count). The molecule has 0 bridgehead atoms. The largest absolute Gasteiger partial charge is 0.497 e. The number of unbranched alkanes of at least 4 members (excludes halogenated alkanes) is 1. The van der Waals surface area contributed by atoms with E-state index >= 15 is 0 Å². The van der Waals surface area contributed by atoms with Crippen molar-refractivity contribution in [3.05, 3.63) is 66.4 Å². The van der Waals surface area contributed by atoms with Gasteiger partial charge in [-0.2, -0.15) is 4.68 Å². The zero-order valence-corrected chi connectivity index (χ0v) is 19.8. The Kier molecular flexibility index (Phi) is 8.85. The Morgan fingerprint density at radius 1 is 1.12 bits per heavy atom. The van der Waals surface area contributed by atoms with Gasteiger partial charge in [-0.05, 0) is 49.1 Å². The minimum atomic E-state index is -0.369. The molecule has 0 radical (unpaired) electrons. The Bertz CT molecular complexity index is 1140. The molecule has 0 atom stereocenters. The quantitative estimate of drug-likeness (QED) is 0.244. The SMILES string of the molecule is C=CCCCOc1ccc(/C=C/c2cc(OC)cc(OC)c2-c2cnnn2C(=O)NCC)cc1. The second-order valence-electron chi connectivity index (χ2n) is 7.34. The molecule has 8 nitrogen and oxygen atoms in total. The summed E-state index contributed by atoms with van der Waals surface area (Å²) in [6, 6.07) is 11.1. The van der Waals surface area contributed by atoms with Crippen LogP contribution in [0.15, 0.2) is 55.3 Å². The number of carbonyl (C=O) groups is 1. The van der Waals surface area contributed by atoms with Crippen molar-refractivity contribution in [2.75, 3.05) is 27.4 Å². The molecule has 0 fully saturated rings. The molecule has 0 aliphatic heterocycles. The average Bonchev–Trinajstić information content (AvgIpc) is 3.35. The normalized spacial score (nSPS) is 10.8. The number of aromatic nitrogens is 3. The number of nitrogens with zero attached hydrogens (tertiary/aromatic N) is 3. The van der Waals surface area contributed by atoms with Crippen LogP contribution in [0.5, 0.6) is 17.2 Å². The second kappa shape index (κ2) is 12.2. The van der Waals surface area contributed by atoms with Gasteiger partial charge in [0.25, 0.3) is 0 Å². The van der Waals surface area contributed by atoms with Gasteiger partial charge in [0.2, 0.25) is 0 Å². The van der Waals surface area contributed by atoms with Crippen molar-refractivity contribution in [1.82, 2.24) is 20.3 Å². The number of methoxy groups -OCH3 is 2. The average molecular weight is 463 g/mol. The predicted octanol–water partition coefficient (Wildman–Crippen LogP) is 5.06. The Morgan fingerprint density at radius 2 is 1.91 bits per heavy atom. The molecule has 8 heteroatoms. The van der Waals surface area contributed by atoms with Crippen molar-refractivity contribution in [3.8, 4) is 28.5 Å². The molecule has 178 valence electrons. The monoisotopic (exact) mass is 462 g/mol. The minimum Gasteiger partial charge on any atom is -0.497 e. The Balaban J connectivity index is 1.94. The van der Waals surface area contributed by atoms with Gasteiger partial charge in [0.05, 0.1) is 32.6 Å². The summed E-state index contributed by atoms with van der Waals surface area (Å²) in [4.78, 5) is 12.5. The lowest BCUT2D eigenvalue weighted by Crippen LogP contribution is -2.29. The van der Waals surface area contributed by atoms with E-state index in [2.05, 4.69) is 22.2 Å². The summed E-state index contributed by atoms with van der Waals surface area (Å²) in [5.41, 5.74) is 2.96. The Labute approximate surface area is 199 Å².